The highest BCUT2D eigenvalue weighted by Crippen LogP contribution is 2.15. The van der Waals surface area contributed by atoms with Crippen molar-refractivity contribution >= 4 is 39.1 Å². The zero-order valence-corrected chi connectivity index (χ0v) is 13.2. The van der Waals surface area contributed by atoms with E-state index in [9.17, 15) is 9.59 Å². The van der Waals surface area contributed by atoms with Crippen molar-refractivity contribution in [3.63, 3.8) is 0 Å². The Morgan fingerprint density at radius 2 is 2.05 bits per heavy atom. The molecule has 0 fully saturated rings. The highest BCUT2D eigenvalue weighted by atomic mass is 79.9. The first-order valence-electron chi connectivity index (χ1n) is 6.43. The van der Waals surface area contributed by atoms with E-state index in [4.69, 9.17) is 0 Å². The SMILES string of the molecule is CCCC/C(C)=N/NC(=O)C(=O)Nc1cccc(Br)c1. The van der Waals surface area contributed by atoms with Crippen LogP contribution in [0.2, 0.25) is 0 Å². The van der Waals surface area contributed by atoms with Gasteiger partial charge in [0.05, 0.1) is 0 Å². The third-order valence-electron chi connectivity index (χ3n) is 2.53. The monoisotopic (exact) mass is 339 g/mol. The number of carbonyl (C=O) groups is 2. The van der Waals surface area contributed by atoms with Crippen molar-refractivity contribution in [1.29, 1.82) is 0 Å². The number of rotatable bonds is 5. The van der Waals surface area contributed by atoms with Crippen molar-refractivity contribution in [3.05, 3.63) is 28.7 Å². The molecule has 20 heavy (non-hydrogen) atoms. The second kappa shape index (κ2) is 8.47. The molecule has 0 heterocycles. The van der Waals surface area contributed by atoms with Crippen LogP contribution in [0.25, 0.3) is 0 Å². The predicted octanol–water partition coefficient (Wildman–Crippen LogP) is 3.07. The molecule has 108 valence electrons. The van der Waals surface area contributed by atoms with Gasteiger partial charge in [0.2, 0.25) is 0 Å². The van der Waals surface area contributed by atoms with E-state index >= 15 is 0 Å². The van der Waals surface area contributed by atoms with Gasteiger partial charge >= 0.3 is 11.8 Å². The van der Waals surface area contributed by atoms with Crippen LogP contribution >= 0.6 is 15.9 Å². The molecule has 0 aliphatic rings. The maximum Gasteiger partial charge on any atom is 0.329 e. The molecular formula is C14H18BrN3O2. The predicted molar refractivity (Wildman–Crippen MR) is 83.5 cm³/mol. The maximum atomic E-state index is 11.6. The second-order valence-corrected chi connectivity index (χ2v) is 5.27. The third kappa shape index (κ3) is 5.97. The molecule has 0 unspecified atom stereocenters. The summed E-state index contributed by atoms with van der Waals surface area (Å²) in [6, 6.07) is 7.01. The van der Waals surface area contributed by atoms with Crippen LogP contribution in [0, 0.1) is 0 Å². The summed E-state index contributed by atoms with van der Waals surface area (Å²) in [5, 5.41) is 6.39. The summed E-state index contributed by atoms with van der Waals surface area (Å²) in [7, 11) is 0. The average molecular weight is 340 g/mol. The summed E-state index contributed by atoms with van der Waals surface area (Å²) >= 11 is 3.29. The van der Waals surface area contributed by atoms with Gasteiger partial charge in [0.25, 0.3) is 0 Å². The lowest BCUT2D eigenvalue weighted by atomic mass is 10.2. The summed E-state index contributed by atoms with van der Waals surface area (Å²) < 4.78 is 0.823. The van der Waals surface area contributed by atoms with Crippen LogP contribution < -0.4 is 10.7 Å². The van der Waals surface area contributed by atoms with Gasteiger partial charge in [-0.1, -0.05) is 35.3 Å². The van der Waals surface area contributed by atoms with E-state index in [1.165, 1.54) is 0 Å². The number of carbonyl (C=O) groups excluding carboxylic acids is 2. The highest BCUT2D eigenvalue weighted by molar-refractivity contribution is 9.10. The minimum Gasteiger partial charge on any atom is -0.318 e. The molecule has 0 aliphatic heterocycles. The van der Waals surface area contributed by atoms with Gasteiger partial charge in [0.15, 0.2) is 0 Å². The van der Waals surface area contributed by atoms with Gasteiger partial charge in [-0.15, -0.1) is 0 Å². The quantitative estimate of drug-likeness (QED) is 0.491. The summed E-state index contributed by atoms with van der Waals surface area (Å²) in [5.41, 5.74) is 3.60. The summed E-state index contributed by atoms with van der Waals surface area (Å²) in [6.45, 7) is 3.90. The largest absolute Gasteiger partial charge is 0.329 e. The van der Waals surface area contributed by atoms with Crippen molar-refractivity contribution in [1.82, 2.24) is 5.43 Å². The van der Waals surface area contributed by atoms with Crippen molar-refractivity contribution in [3.8, 4) is 0 Å². The van der Waals surface area contributed by atoms with Crippen molar-refractivity contribution in [2.75, 3.05) is 5.32 Å². The number of nitrogens with one attached hydrogen (secondary N) is 2. The van der Waals surface area contributed by atoms with Gasteiger partial charge in [0, 0.05) is 15.9 Å². The van der Waals surface area contributed by atoms with E-state index in [-0.39, 0.29) is 0 Å². The molecule has 0 saturated carbocycles. The van der Waals surface area contributed by atoms with Gasteiger partial charge in [-0.3, -0.25) is 9.59 Å². The summed E-state index contributed by atoms with van der Waals surface area (Å²) in [4.78, 5) is 23.2. The van der Waals surface area contributed by atoms with Crippen molar-refractivity contribution in [2.24, 2.45) is 5.10 Å². The van der Waals surface area contributed by atoms with E-state index in [0.29, 0.717) is 5.69 Å². The minimum atomic E-state index is -0.777. The first-order valence-corrected chi connectivity index (χ1v) is 7.22. The first kappa shape index (κ1) is 16.4. The number of amides is 2. The fourth-order valence-electron chi connectivity index (χ4n) is 1.44. The van der Waals surface area contributed by atoms with Crippen LogP contribution in [-0.4, -0.2) is 17.5 Å². The van der Waals surface area contributed by atoms with E-state index in [1.807, 2.05) is 13.0 Å². The minimum absolute atomic E-state index is 0.547. The lowest BCUT2D eigenvalue weighted by Crippen LogP contribution is -2.32. The van der Waals surface area contributed by atoms with Crippen LogP contribution in [0.4, 0.5) is 5.69 Å². The molecule has 0 bridgehead atoms. The molecule has 0 aliphatic carbocycles. The van der Waals surface area contributed by atoms with Crippen molar-refractivity contribution < 1.29 is 9.59 Å². The van der Waals surface area contributed by atoms with Gasteiger partial charge < -0.3 is 5.32 Å². The topological polar surface area (TPSA) is 70.6 Å². The molecule has 1 aromatic rings. The number of hydrazone groups is 1. The van der Waals surface area contributed by atoms with Gasteiger partial charge in [0.1, 0.15) is 0 Å². The number of unbranched alkanes of at least 4 members (excludes halogenated alkanes) is 1. The Labute approximate surface area is 127 Å². The molecule has 5 nitrogen and oxygen atoms in total. The van der Waals surface area contributed by atoms with Crippen LogP contribution in [-0.2, 0) is 9.59 Å². The fraction of sp³-hybridized carbons (Fsp3) is 0.357. The van der Waals surface area contributed by atoms with E-state index in [1.54, 1.807) is 18.2 Å². The first-order chi connectivity index (χ1) is 9.52. The van der Waals surface area contributed by atoms with Crippen LogP contribution in [0.15, 0.2) is 33.8 Å². The Balaban J connectivity index is 2.49. The molecular weight excluding hydrogens is 322 g/mol. The Hall–Kier alpha value is -1.69. The van der Waals surface area contributed by atoms with Gasteiger partial charge in [-0.2, -0.15) is 5.10 Å². The second-order valence-electron chi connectivity index (χ2n) is 4.36. The zero-order valence-electron chi connectivity index (χ0n) is 11.6. The Morgan fingerprint density at radius 3 is 2.70 bits per heavy atom. The van der Waals surface area contributed by atoms with Gasteiger partial charge in [-0.05, 0) is 38.0 Å². The summed E-state index contributed by atoms with van der Waals surface area (Å²) in [6.07, 6.45) is 2.88. The summed E-state index contributed by atoms with van der Waals surface area (Å²) in [5.74, 6) is -1.52. The van der Waals surface area contributed by atoms with Gasteiger partial charge in [-0.25, -0.2) is 5.43 Å². The third-order valence-corrected chi connectivity index (χ3v) is 3.02. The van der Waals surface area contributed by atoms with Crippen LogP contribution in [0.5, 0.6) is 0 Å². The van der Waals surface area contributed by atoms with Crippen LogP contribution in [0.1, 0.15) is 33.1 Å². The Morgan fingerprint density at radius 1 is 1.30 bits per heavy atom. The normalized spacial score (nSPS) is 11.1. The highest BCUT2D eigenvalue weighted by Gasteiger charge is 2.13. The Bertz CT molecular complexity index is 515. The number of nitrogens with zero attached hydrogens (tertiary/aromatic N) is 1. The lowest BCUT2D eigenvalue weighted by Gasteiger charge is -2.05. The number of hydrogen-bond donors (Lipinski definition) is 2. The van der Waals surface area contributed by atoms with E-state index in [0.717, 1.165) is 29.4 Å². The molecule has 0 aromatic heterocycles. The number of benzene rings is 1. The number of halogens is 1. The molecule has 2 amide bonds. The molecule has 0 atom stereocenters. The van der Waals surface area contributed by atoms with E-state index < -0.39 is 11.8 Å². The fourth-order valence-corrected chi connectivity index (χ4v) is 1.84. The molecule has 2 N–H and O–H groups in total. The zero-order chi connectivity index (χ0) is 15.0. The standard InChI is InChI=1S/C14H18BrN3O2/c1-3-4-6-10(2)17-18-14(20)13(19)16-12-8-5-7-11(15)9-12/h5,7-9H,3-4,6H2,1-2H3,(H,16,19)(H,18,20)/b17-10+. The van der Waals surface area contributed by atoms with E-state index in [2.05, 4.69) is 38.7 Å². The molecule has 0 spiro atoms. The van der Waals surface area contributed by atoms with Crippen molar-refractivity contribution in [2.45, 2.75) is 33.1 Å². The lowest BCUT2D eigenvalue weighted by molar-refractivity contribution is -0.136. The maximum absolute atomic E-state index is 11.6. The number of hydrogen-bond acceptors (Lipinski definition) is 3. The molecule has 0 saturated heterocycles. The average Bonchev–Trinajstić information content (AvgIpc) is 2.42. The molecule has 1 rings (SSSR count). The smallest absolute Gasteiger partial charge is 0.318 e. The number of anilines is 1. The Kier molecular flexibility index (Phi) is 6.93. The molecule has 1 aromatic carbocycles. The van der Waals surface area contributed by atoms with Crippen LogP contribution in [0.3, 0.4) is 0 Å². The molecule has 0 radical (unpaired) electrons. The molecule has 6 heteroatoms.